The first-order chi connectivity index (χ1) is 7.34. The van der Waals surface area contributed by atoms with Gasteiger partial charge in [0.25, 0.3) is 0 Å². The average Bonchev–Trinajstić information content (AvgIpc) is 2.15. The first-order valence-corrected chi connectivity index (χ1v) is 5.97. The molecule has 1 heterocycles. The first kappa shape index (κ1) is 13.2. The zero-order chi connectivity index (χ0) is 12.5. The Morgan fingerprint density at radius 2 is 1.44 bits per heavy atom. The Morgan fingerprint density at radius 1 is 0.938 bits per heavy atom. The molecule has 0 aliphatic carbocycles. The van der Waals surface area contributed by atoms with Crippen molar-refractivity contribution in [3.05, 3.63) is 16.5 Å². The van der Waals surface area contributed by atoms with Crippen LogP contribution >= 0.6 is 11.6 Å². The topological polar surface area (TPSA) is 29.0 Å². The third-order valence-electron chi connectivity index (χ3n) is 2.40. The van der Waals surface area contributed by atoms with Gasteiger partial charge in [-0.1, -0.05) is 39.3 Å². The van der Waals surface area contributed by atoms with Gasteiger partial charge in [-0.2, -0.15) is 0 Å². The van der Waals surface area contributed by atoms with Crippen molar-refractivity contribution in [2.75, 3.05) is 19.0 Å². The number of rotatable bonds is 3. The van der Waals surface area contributed by atoms with Crippen LogP contribution in [0, 0.1) is 0 Å². The highest BCUT2D eigenvalue weighted by Crippen LogP contribution is 2.29. The molecule has 16 heavy (non-hydrogen) atoms. The summed E-state index contributed by atoms with van der Waals surface area (Å²) in [7, 11) is 3.96. The fourth-order valence-corrected chi connectivity index (χ4v) is 1.87. The van der Waals surface area contributed by atoms with E-state index in [1.165, 1.54) is 0 Å². The third-order valence-corrected chi connectivity index (χ3v) is 2.68. The Hall–Kier alpha value is -0.830. The molecule has 0 saturated carbocycles. The molecule has 0 aromatic carbocycles. The van der Waals surface area contributed by atoms with E-state index in [2.05, 4.69) is 37.7 Å². The maximum Gasteiger partial charge on any atom is 0.151 e. The minimum atomic E-state index is 0.292. The Labute approximate surface area is 103 Å². The maximum atomic E-state index is 6.15. The second-order valence-corrected chi connectivity index (χ2v) is 5.17. The van der Waals surface area contributed by atoms with Gasteiger partial charge in [0, 0.05) is 14.1 Å². The third kappa shape index (κ3) is 2.64. The largest absolute Gasteiger partial charge is 0.361 e. The van der Waals surface area contributed by atoms with Crippen LogP contribution in [0.4, 0.5) is 5.82 Å². The molecular weight excluding hydrogens is 222 g/mol. The molecule has 0 N–H and O–H groups in total. The molecular formula is C12H20ClN3. The van der Waals surface area contributed by atoms with E-state index in [0.29, 0.717) is 17.0 Å². The molecule has 0 saturated heterocycles. The number of anilines is 1. The summed E-state index contributed by atoms with van der Waals surface area (Å²) >= 11 is 6.15. The first-order valence-electron chi connectivity index (χ1n) is 5.59. The van der Waals surface area contributed by atoms with Crippen molar-refractivity contribution in [3.8, 4) is 0 Å². The number of aromatic nitrogens is 2. The van der Waals surface area contributed by atoms with Crippen LogP contribution in [0.15, 0.2) is 0 Å². The fourth-order valence-electron chi connectivity index (χ4n) is 1.51. The van der Waals surface area contributed by atoms with Crippen molar-refractivity contribution in [1.29, 1.82) is 0 Å². The minimum absolute atomic E-state index is 0.292. The van der Waals surface area contributed by atoms with E-state index in [0.717, 1.165) is 17.2 Å². The van der Waals surface area contributed by atoms with Crippen LogP contribution in [0.5, 0.6) is 0 Å². The molecule has 1 aromatic rings. The van der Waals surface area contributed by atoms with E-state index in [1.807, 2.05) is 19.0 Å². The molecule has 1 aromatic heterocycles. The molecule has 90 valence electrons. The summed E-state index contributed by atoms with van der Waals surface area (Å²) in [5.74, 6) is 1.53. The van der Waals surface area contributed by atoms with Crippen LogP contribution < -0.4 is 4.90 Å². The molecule has 0 atom stereocenters. The number of hydrogen-bond acceptors (Lipinski definition) is 3. The summed E-state index contributed by atoms with van der Waals surface area (Å²) in [5.41, 5.74) is 1.83. The number of nitrogens with zero attached hydrogens (tertiary/aromatic N) is 3. The van der Waals surface area contributed by atoms with Crippen molar-refractivity contribution in [2.24, 2.45) is 0 Å². The summed E-state index contributed by atoms with van der Waals surface area (Å²) in [6, 6.07) is 0. The van der Waals surface area contributed by atoms with Crippen molar-refractivity contribution in [2.45, 2.75) is 39.5 Å². The van der Waals surface area contributed by atoms with Crippen LogP contribution in [-0.4, -0.2) is 24.1 Å². The van der Waals surface area contributed by atoms with Gasteiger partial charge in [0.15, 0.2) is 11.0 Å². The van der Waals surface area contributed by atoms with Crippen LogP contribution in [0.3, 0.4) is 0 Å². The highest BCUT2D eigenvalue weighted by molar-refractivity contribution is 6.30. The lowest BCUT2D eigenvalue weighted by molar-refractivity contribution is 0.760. The monoisotopic (exact) mass is 241 g/mol. The van der Waals surface area contributed by atoms with Gasteiger partial charge in [0.05, 0.1) is 11.4 Å². The van der Waals surface area contributed by atoms with Gasteiger partial charge in [0.1, 0.15) is 0 Å². The standard InChI is InChI=1S/C12H20ClN3/c1-7(2)9-11(13)14-10(8(3)4)12(15-9)16(5)6/h7-8H,1-6H3. The van der Waals surface area contributed by atoms with Gasteiger partial charge in [0.2, 0.25) is 0 Å². The van der Waals surface area contributed by atoms with Gasteiger partial charge in [-0.3, -0.25) is 0 Å². The fraction of sp³-hybridized carbons (Fsp3) is 0.667. The predicted molar refractivity (Wildman–Crippen MR) is 69.5 cm³/mol. The molecule has 1 rings (SSSR count). The van der Waals surface area contributed by atoms with Gasteiger partial charge >= 0.3 is 0 Å². The molecule has 4 heteroatoms. The number of halogens is 1. The second-order valence-electron chi connectivity index (χ2n) is 4.81. The van der Waals surface area contributed by atoms with E-state index in [4.69, 9.17) is 11.6 Å². The van der Waals surface area contributed by atoms with E-state index >= 15 is 0 Å². The van der Waals surface area contributed by atoms with Crippen molar-refractivity contribution in [1.82, 2.24) is 9.97 Å². The van der Waals surface area contributed by atoms with Gasteiger partial charge in [-0.25, -0.2) is 9.97 Å². The Morgan fingerprint density at radius 3 is 1.81 bits per heavy atom. The summed E-state index contributed by atoms with van der Waals surface area (Å²) in [5, 5.41) is 0.532. The summed E-state index contributed by atoms with van der Waals surface area (Å²) in [6.45, 7) is 8.35. The van der Waals surface area contributed by atoms with E-state index in [9.17, 15) is 0 Å². The van der Waals surface area contributed by atoms with Gasteiger partial charge < -0.3 is 4.90 Å². The molecule has 0 fully saturated rings. The Bertz CT molecular complexity index is 373. The molecule has 0 unspecified atom stereocenters. The maximum absolute atomic E-state index is 6.15. The molecule has 3 nitrogen and oxygen atoms in total. The van der Waals surface area contributed by atoms with Crippen molar-refractivity contribution < 1.29 is 0 Å². The normalized spacial score (nSPS) is 11.3. The average molecular weight is 242 g/mol. The molecule has 0 amide bonds. The molecule has 0 bridgehead atoms. The summed E-state index contributed by atoms with van der Waals surface area (Å²) in [4.78, 5) is 11.1. The van der Waals surface area contributed by atoms with Crippen LogP contribution in [0.25, 0.3) is 0 Å². The second kappa shape index (κ2) is 5.00. The molecule has 0 radical (unpaired) electrons. The van der Waals surface area contributed by atoms with Crippen molar-refractivity contribution in [3.63, 3.8) is 0 Å². The number of hydrogen-bond donors (Lipinski definition) is 0. The predicted octanol–water partition coefficient (Wildman–Crippen LogP) is 3.44. The highest BCUT2D eigenvalue weighted by atomic mass is 35.5. The minimum Gasteiger partial charge on any atom is -0.361 e. The smallest absolute Gasteiger partial charge is 0.151 e. The summed E-state index contributed by atoms with van der Waals surface area (Å²) in [6.07, 6.45) is 0. The zero-order valence-corrected chi connectivity index (χ0v) is 11.6. The molecule has 0 aliphatic rings. The van der Waals surface area contributed by atoms with Crippen LogP contribution in [0.1, 0.15) is 50.9 Å². The molecule has 0 spiro atoms. The SMILES string of the molecule is CC(C)c1nc(N(C)C)c(C(C)C)nc1Cl. The van der Waals surface area contributed by atoms with E-state index in [1.54, 1.807) is 0 Å². The van der Waals surface area contributed by atoms with E-state index in [-0.39, 0.29) is 0 Å². The lowest BCUT2D eigenvalue weighted by Gasteiger charge is -2.20. The van der Waals surface area contributed by atoms with Gasteiger partial charge in [-0.15, -0.1) is 0 Å². The lowest BCUT2D eigenvalue weighted by Crippen LogP contribution is -2.17. The Kier molecular flexibility index (Phi) is 4.14. The van der Waals surface area contributed by atoms with E-state index < -0.39 is 0 Å². The highest BCUT2D eigenvalue weighted by Gasteiger charge is 2.17. The van der Waals surface area contributed by atoms with Crippen molar-refractivity contribution >= 4 is 17.4 Å². The lowest BCUT2D eigenvalue weighted by atomic mass is 10.1. The van der Waals surface area contributed by atoms with Gasteiger partial charge in [-0.05, 0) is 11.8 Å². The van der Waals surface area contributed by atoms with Crippen LogP contribution in [-0.2, 0) is 0 Å². The Balaban J connectivity index is 3.37. The quantitative estimate of drug-likeness (QED) is 0.812. The van der Waals surface area contributed by atoms with Crippen LogP contribution in [0.2, 0.25) is 5.15 Å². The summed E-state index contributed by atoms with van der Waals surface area (Å²) < 4.78 is 0. The molecule has 0 aliphatic heterocycles. The zero-order valence-electron chi connectivity index (χ0n) is 10.9.